The monoisotopic (exact) mass is 300 g/mol. The summed E-state index contributed by atoms with van der Waals surface area (Å²) in [6.45, 7) is 6.86. The van der Waals surface area contributed by atoms with Gasteiger partial charge in [0.1, 0.15) is 10.8 Å². The van der Waals surface area contributed by atoms with E-state index in [1.165, 1.54) is 0 Å². The molecule has 0 aliphatic heterocycles. The maximum atomic E-state index is 11.9. The van der Waals surface area contributed by atoms with E-state index in [1.807, 2.05) is 26.0 Å². The van der Waals surface area contributed by atoms with Crippen LogP contribution in [0.3, 0.4) is 0 Å². The van der Waals surface area contributed by atoms with E-state index >= 15 is 0 Å². The molecule has 2 unspecified atom stereocenters. The summed E-state index contributed by atoms with van der Waals surface area (Å²) in [5.74, 6) is -1.98. The number of carboxylic acids is 2. The van der Waals surface area contributed by atoms with E-state index in [-0.39, 0.29) is 0 Å². The van der Waals surface area contributed by atoms with Gasteiger partial charge in [-0.1, -0.05) is 36.5 Å². The standard InChI is InChI=1S/C18H20O4/c1-11-7-5-9-17(3,15(19)20)13(11)14-12(2)8-6-10-18(14,4)16(21)22/h5-10H,1-4H3,(H,19,20)(H,21,22)/b14-13+. The third kappa shape index (κ3) is 2.15. The largest absolute Gasteiger partial charge is 0.480 e. The number of hydrogen-bond donors (Lipinski definition) is 2. The van der Waals surface area contributed by atoms with Crippen LogP contribution in [0.1, 0.15) is 27.7 Å². The van der Waals surface area contributed by atoms with Crippen LogP contribution in [0.25, 0.3) is 0 Å². The van der Waals surface area contributed by atoms with Crippen molar-refractivity contribution in [3.05, 3.63) is 58.7 Å². The Kier molecular flexibility index (Phi) is 3.73. The van der Waals surface area contributed by atoms with Gasteiger partial charge < -0.3 is 10.2 Å². The van der Waals surface area contributed by atoms with E-state index in [0.717, 1.165) is 11.1 Å². The molecule has 0 saturated heterocycles. The quantitative estimate of drug-likeness (QED) is 0.818. The molecule has 0 aromatic carbocycles. The fourth-order valence-electron chi connectivity index (χ4n) is 3.19. The number of allylic oxidation sites excluding steroid dienone is 6. The van der Waals surface area contributed by atoms with E-state index in [4.69, 9.17) is 0 Å². The molecule has 0 fully saturated rings. The highest BCUT2D eigenvalue weighted by Gasteiger charge is 2.45. The van der Waals surface area contributed by atoms with Crippen LogP contribution in [-0.4, -0.2) is 22.2 Å². The third-order valence-electron chi connectivity index (χ3n) is 4.52. The van der Waals surface area contributed by atoms with Crippen molar-refractivity contribution in [3.63, 3.8) is 0 Å². The molecule has 2 rings (SSSR count). The molecule has 4 heteroatoms. The number of rotatable bonds is 2. The zero-order valence-corrected chi connectivity index (χ0v) is 13.2. The fourth-order valence-corrected chi connectivity index (χ4v) is 3.19. The summed E-state index contributed by atoms with van der Waals surface area (Å²) in [5.41, 5.74) is 0.183. The number of carboxylic acid groups (broad SMARTS) is 2. The molecule has 22 heavy (non-hydrogen) atoms. The summed E-state index contributed by atoms with van der Waals surface area (Å²) < 4.78 is 0. The first kappa shape index (κ1) is 16.0. The van der Waals surface area contributed by atoms with Gasteiger partial charge in [0.15, 0.2) is 0 Å². The number of hydrogen-bond acceptors (Lipinski definition) is 2. The molecule has 0 aromatic rings. The highest BCUT2D eigenvalue weighted by Crippen LogP contribution is 2.48. The minimum absolute atomic E-state index is 0.561. The van der Waals surface area contributed by atoms with Crippen LogP contribution < -0.4 is 0 Å². The van der Waals surface area contributed by atoms with Gasteiger partial charge in [0.05, 0.1) is 0 Å². The van der Waals surface area contributed by atoms with Crippen molar-refractivity contribution in [2.75, 3.05) is 0 Å². The van der Waals surface area contributed by atoms with E-state index in [0.29, 0.717) is 11.1 Å². The molecule has 0 saturated carbocycles. The van der Waals surface area contributed by atoms with E-state index in [2.05, 4.69) is 0 Å². The second kappa shape index (κ2) is 5.13. The van der Waals surface area contributed by atoms with Crippen molar-refractivity contribution in [2.45, 2.75) is 27.7 Å². The summed E-state index contributed by atoms with van der Waals surface area (Å²) in [7, 11) is 0. The Hall–Kier alpha value is -2.36. The molecular formula is C18H20O4. The molecule has 0 bridgehead atoms. The number of aliphatic carboxylic acids is 2. The molecule has 0 amide bonds. The summed E-state index contributed by atoms with van der Waals surface area (Å²) in [5, 5.41) is 19.4. The smallest absolute Gasteiger partial charge is 0.317 e. The topological polar surface area (TPSA) is 74.6 Å². The van der Waals surface area contributed by atoms with Crippen molar-refractivity contribution in [1.82, 2.24) is 0 Å². The summed E-state index contributed by atoms with van der Waals surface area (Å²) in [6.07, 6.45) is 10.3. The Bertz CT molecular complexity index is 643. The van der Waals surface area contributed by atoms with Crippen LogP contribution in [0.5, 0.6) is 0 Å². The van der Waals surface area contributed by atoms with Crippen LogP contribution in [0.15, 0.2) is 58.7 Å². The molecule has 2 aliphatic rings. The van der Waals surface area contributed by atoms with Crippen LogP contribution in [0.2, 0.25) is 0 Å². The second-order valence-corrected chi connectivity index (χ2v) is 6.18. The zero-order valence-electron chi connectivity index (χ0n) is 13.2. The Morgan fingerprint density at radius 3 is 1.41 bits per heavy atom. The fraction of sp³-hybridized carbons (Fsp3) is 0.333. The first-order chi connectivity index (χ1) is 10.1. The van der Waals surface area contributed by atoms with Crippen molar-refractivity contribution in [3.8, 4) is 0 Å². The first-order valence-electron chi connectivity index (χ1n) is 7.09. The minimum atomic E-state index is -1.24. The molecule has 0 radical (unpaired) electrons. The predicted octanol–water partition coefficient (Wildman–Crippen LogP) is 3.50. The van der Waals surface area contributed by atoms with Gasteiger partial charge in [-0.05, 0) is 50.0 Å². The van der Waals surface area contributed by atoms with Gasteiger partial charge in [-0.25, -0.2) is 0 Å². The molecule has 2 atom stereocenters. The third-order valence-corrected chi connectivity index (χ3v) is 4.52. The van der Waals surface area contributed by atoms with Gasteiger partial charge in [-0.15, -0.1) is 0 Å². The van der Waals surface area contributed by atoms with Crippen LogP contribution in [0.4, 0.5) is 0 Å². The predicted molar refractivity (Wildman–Crippen MR) is 84.3 cm³/mol. The van der Waals surface area contributed by atoms with Gasteiger partial charge in [0, 0.05) is 0 Å². The van der Waals surface area contributed by atoms with Gasteiger partial charge in [0.25, 0.3) is 0 Å². The lowest BCUT2D eigenvalue weighted by atomic mass is 9.65. The Morgan fingerprint density at radius 1 is 0.818 bits per heavy atom. The molecule has 116 valence electrons. The van der Waals surface area contributed by atoms with Gasteiger partial charge in [-0.2, -0.15) is 0 Å². The second-order valence-electron chi connectivity index (χ2n) is 6.18. The SMILES string of the molecule is CC1=CC=CC(C)(C(=O)O)/C1=C1\C(C)=CC=CC1(C)C(=O)O. The normalized spacial score (nSPS) is 34.2. The number of carbonyl (C=O) groups is 2. The average molecular weight is 300 g/mol. The zero-order chi connectivity index (χ0) is 16.7. The molecule has 2 N–H and O–H groups in total. The molecule has 0 aromatic heterocycles. The molecule has 0 heterocycles. The van der Waals surface area contributed by atoms with Gasteiger partial charge >= 0.3 is 11.9 Å². The van der Waals surface area contributed by atoms with Crippen molar-refractivity contribution < 1.29 is 19.8 Å². The van der Waals surface area contributed by atoms with Crippen molar-refractivity contribution >= 4 is 11.9 Å². The van der Waals surface area contributed by atoms with Crippen LogP contribution >= 0.6 is 0 Å². The van der Waals surface area contributed by atoms with Crippen LogP contribution in [0, 0.1) is 10.8 Å². The molecule has 4 nitrogen and oxygen atoms in total. The summed E-state index contributed by atoms with van der Waals surface area (Å²) in [6, 6.07) is 0. The maximum Gasteiger partial charge on any atom is 0.317 e. The highest BCUT2D eigenvalue weighted by molar-refractivity contribution is 5.89. The Labute approximate surface area is 129 Å². The lowest BCUT2D eigenvalue weighted by Gasteiger charge is -2.37. The summed E-state index contributed by atoms with van der Waals surface area (Å²) >= 11 is 0. The Balaban J connectivity index is 2.88. The first-order valence-corrected chi connectivity index (χ1v) is 7.09. The van der Waals surface area contributed by atoms with Gasteiger partial charge in [-0.3, -0.25) is 9.59 Å². The van der Waals surface area contributed by atoms with Crippen LogP contribution in [-0.2, 0) is 9.59 Å². The molecule has 2 aliphatic carbocycles. The van der Waals surface area contributed by atoms with Crippen molar-refractivity contribution in [1.29, 1.82) is 0 Å². The molecule has 0 spiro atoms. The Morgan fingerprint density at radius 2 is 1.14 bits per heavy atom. The van der Waals surface area contributed by atoms with Crippen molar-refractivity contribution in [2.24, 2.45) is 10.8 Å². The molecular weight excluding hydrogens is 280 g/mol. The lowest BCUT2D eigenvalue weighted by molar-refractivity contribution is -0.145. The highest BCUT2D eigenvalue weighted by atomic mass is 16.4. The maximum absolute atomic E-state index is 11.9. The van der Waals surface area contributed by atoms with E-state index in [1.54, 1.807) is 38.2 Å². The van der Waals surface area contributed by atoms with E-state index in [9.17, 15) is 19.8 Å². The van der Waals surface area contributed by atoms with Gasteiger partial charge in [0.2, 0.25) is 0 Å². The lowest BCUT2D eigenvalue weighted by Crippen LogP contribution is -2.37. The minimum Gasteiger partial charge on any atom is -0.480 e. The van der Waals surface area contributed by atoms with E-state index < -0.39 is 22.8 Å². The average Bonchev–Trinajstić information content (AvgIpc) is 2.41. The summed E-state index contributed by atoms with van der Waals surface area (Å²) in [4.78, 5) is 23.7.